The van der Waals surface area contributed by atoms with E-state index in [2.05, 4.69) is 39.9 Å². The standard InChI is InChI=1S/C12H26N2OS/c1-9(2)6-10(7-13)14-11(15)8-16-12(3,4)5/h9-10H,6-8,13H2,1-5H3,(H,14,15). The van der Waals surface area contributed by atoms with Crippen molar-refractivity contribution in [3.63, 3.8) is 0 Å². The minimum atomic E-state index is 0.0935. The molecule has 0 aromatic heterocycles. The summed E-state index contributed by atoms with van der Waals surface area (Å²) in [5.41, 5.74) is 5.63. The highest BCUT2D eigenvalue weighted by molar-refractivity contribution is 8.01. The van der Waals surface area contributed by atoms with Gasteiger partial charge in [-0.15, -0.1) is 11.8 Å². The van der Waals surface area contributed by atoms with Crippen molar-refractivity contribution in [2.24, 2.45) is 11.7 Å². The van der Waals surface area contributed by atoms with Crippen LogP contribution in [0.5, 0.6) is 0 Å². The SMILES string of the molecule is CC(C)CC(CN)NC(=O)CSC(C)(C)C. The average Bonchev–Trinajstić information content (AvgIpc) is 2.12. The maximum absolute atomic E-state index is 11.7. The first-order chi connectivity index (χ1) is 7.24. The third-order valence-electron chi connectivity index (χ3n) is 2.04. The van der Waals surface area contributed by atoms with Gasteiger partial charge in [0, 0.05) is 17.3 Å². The fraction of sp³-hybridized carbons (Fsp3) is 0.917. The Kier molecular flexibility index (Phi) is 7.07. The number of hydrogen-bond acceptors (Lipinski definition) is 3. The summed E-state index contributed by atoms with van der Waals surface area (Å²) in [6.45, 7) is 11.1. The number of amides is 1. The molecule has 0 heterocycles. The van der Waals surface area contributed by atoms with Crippen LogP contribution in [0.4, 0.5) is 0 Å². The molecule has 1 amide bonds. The molecule has 0 saturated carbocycles. The number of nitrogens with one attached hydrogen (secondary N) is 1. The van der Waals surface area contributed by atoms with E-state index in [1.54, 1.807) is 11.8 Å². The minimum absolute atomic E-state index is 0.0935. The highest BCUT2D eigenvalue weighted by Crippen LogP contribution is 2.22. The van der Waals surface area contributed by atoms with Gasteiger partial charge in [-0.25, -0.2) is 0 Å². The van der Waals surface area contributed by atoms with Crippen molar-refractivity contribution in [2.75, 3.05) is 12.3 Å². The molecule has 3 nitrogen and oxygen atoms in total. The lowest BCUT2D eigenvalue weighted by Crippen LogP contribution is -2.42. The van der Waals surface area contributed by atoms with Gasteiger partial charge in [0.15, 0.2) is 0 Å². The maximum Gasteiger partial charge on any atom is 0.230 e. The molecule has 3 N–H and O–H groups in total. The van der Waals surface area contributed by atoms with E-state index < -0.39 is 0 Å². The smallest absolute Gasteiger partial charge is 0.230 e. The van der Waals surface area contributed by atoms with Crippen LogP contribution in [-0.2, 0) is 4.79 Å². The second-order valence-corrected chi connectivity index (χ2v) is 7.33. The van der Waals surface area contributed by atoms with Gasteiger partial charge in [0.05, 0.1) is 5.75 Å². The van der Waals surface area contributed by atoms with E-state index in [-0.39, 0.29) is 16.7 Å². The zero-order valence-electron chi connectivity index (χ0n) is 11.2. The van der Waals surface area contributed by atoms with Gasteiger partial charge in [-0.2, -0.15) is 0 Å². The van der Waals surface area contributed by atoms with Crippen molar-refractivity contribution in [3.8, 4) is 0 Å². The van der Waals surface area contributed by atoms with Crippen molar-refractivity contribution >= 4 is 17.7 Å². The van der Waals surface area contributed by atoms with Gasteiger partial charge in [0.25, 0.3) is 0 Å². The molecule has 0 rings (SSSR count). The molecule has 0 bridgehead atoms. The predicted molar refractivity (Wildman–Crippen MR) is 72.7 cm³/mol. The summed E-state index contributed by atoms with van der Waals surface area (Å²) in [5, 5.41) is 2.99. The van der Waals surface area contributed by atoms with E-state index in [4.69, 9.17) is 5.73 Å². The maximum atomic E-state index is 11.7. The Hall–Kier alpha value is -0.220. The van der Waals surface area contributed by atoms with E-state index in [0.29, 0.717) is 18.2 Å². The van der Waals surface area contributed by atoms with Gasteiger partial charge in [-0.05, 0) is 12.3 Å². The zero-order chi connectivity index (χ0) is 12.8. The normalized spacial score (nSPS) is 13.9. The molecule has 0 fully saturated rings. The van der Waals surface area contributed by atoms with E-state index in [9.17, 15) is 4.79 Å². The third-order valence-corrected chi connectivity index (χ3v) is 3.31. The first-order valence-corrected chi connectivity index (χ1v) is 6.86. The van der Waals surface area contributed by atoms with E-state index in [1.807, 2.05) is 0 Å². The van der Waals surface area contributed by atoms with E-state index in [0.717, 1.165) is 6.42 Å². The number of thioether (sulfide) groups is 1. The van der Waals surface area contributed by atoms with Crippen molar-refractivity contribution in [3.05, 3.63) is 0 Å². The molecule has 0 aromatic rings. The lowest BCUT2D eigenvalue weighted by atomic mass is 10.0. The minimum Gasteiger partial charge on any atom is -0.351 e. The van der Waals surface area contributed by atoms with E-state index >= 15 is 0 Å². The fourth-order valence-corrected chi connectivity index (χ4v) is 1.98. The van der Waals surface area contributed by atoms with Crippen molar-refractivity contribution in [1.29, 1.82) is 0 Å². The fourth-order valence-electron chi connectivity index (χ4n) is 1.33. The third kappa shape index (κ3) is 9.04. The second kappa shape index (κ2) is 7.17. The van der Waals surface area contributed by atoms with Crippen LogP contribution in [0.1, 0.15) is 41.0 Å². The molecule has 0 aliphatic rings. The Balaban J connectivity index is 3.92. The number of carbonyl (C=O) groups excluding carboxylic acids is 1. The van der Waals surface area contributed by atoms with E-state index in [1.165, 1.54) is 0 Å². The number of carbonyl (C=O) groups is 1. The number of hydrogen-bond donors (Lipinski definition) is 2. The molecule has 96 valence electrons. The van der Waals surface area contributed by atoms with Crippen molar-refractivity contribution < 1.29 is 4.79 Å². The molecule has 16 heavy (non-hydrogen) atoms. The topological polar surface area (TPSA) is 55.1 Å². The summed E-state index contributed by atoms with van der Waals surface area (Å²) < 4.78 is 0.133. The molecule has 0 saturated heterocycles. The Morgan fingerprint density at radius 2 is 1.94 bits per heavy atom. The first-order valence-electron chi connectivity index (χ1n) is 5.88. The van der Waals surface area contributed by atoms with Gasteiger partial charge in [-0.1, -0.05) is 34.6 Å². The van der Waals surface area contributed by atoms with Crippen LogP contribution in [0.3, 0.4) is 0 Å². The molecule has 0 aromatic carbocycles. The van der Waals surface area contributed by atoms with Crippen LogP contribution in [0, 0.1) is 5.92 Å². The lowest BCUT2D eigenvalue weighted by molar-refractivity contribution is -0.119. The van der Waals surface area contributed by atoms with Crippen LogP contribution in [0.15, 0.2) is 0 Å². The van der Waals surface area contributed by atoms with Crippen LogP contribution >= 0.6 is 11.8 Å². The summed E-state index contributed by atoms with van der Waals surface area (Å²) in [6, 6.07) is 0.119. The molecule has 0 spiro atoms. The lowest BCUT2D eigenvalue weighted by Gasteiger charge is -2.21. The summed E-state index contributed by atoms with van der Waals surface area (Å²) in [6.07, 6.45) is 0.947. The average molecular weight is 246 g/mol. The Bertz CT molecular complexity index is 212. The molecule has 0 aliphatic carbocycles. The van der Waals surface area contributed by atoms with Crippen molar-refractivity contribution in [2.45, 2.75) is 51.8 Å². The second-order valence-electron chi connectivity index (χ2n) is 5.53. The van der Waals surface area contributed by atoms with Gasteiger partial charge < -0.3 is 11.1 Å². The van der Waals surface area contributed by atoms with Gasteiger partial charge >= 0.3 is 0 Å². The molecule has 1 unspecified atom stereocenters. The Morgan fingerprint density at radius 1 is 1.38 bits per heavy atom. The Morgan fingerprint density at radius 3 is 2.31 bits per heavy atom. The molecular formula is C12H26N2OS. The molecular weight excluding hydrogens is 220 g/mol. The molecule has 1 atom stereocenters. The predicted octanol–water partition coefficient (Wildman–Crippen LogP) is 2.01. The van der Waals surface area contributed by atoms with Crippen molar-refractivity contribution in [1.82, 2.24) is 5.32 Å². The summed E-state index contributed by atoms with van der Waals surface area (Å²) >= 11 is 1.66. The van der Waals surface area contributed by atoms with Gasteiger partial charge in [0.1, 0.15) is 0 Å². The number of rotatable bonds is 6. The van der Waals surface area contributed by atoms with Crippen LogP contribution in [-0.4, -0.2) is 29.0 Å². The summed E-state index contributed by atoms with van der Waals surface area (Å²) in [4.78, 5) is 11.7. The highest BCUT2D eigenvalue weighted by Gasteiger charge is 2.16. The molecule has 0 radical (unpaired) electrons. The molecule has 4 heteroatoms. The Labute approximate surface area is 104 Å². The quantitative estimate of drug-likeness (QED) is 0.754. The largest absolute Gasteiger partial charge is 0.351 e. The summed E-state index contributed by atoms with van der Waals surface area (Å²) in [5.74, 6) is 1.16. The molecule has 0 aliphatic heterocycles. The van der Waals surface area contributed by atoms with Crippen LogP contribution < -0.4 is 11.1 Å². The van der Waals surface area contributed by atoms with Crippen LogP contribution in [0.25, 0.3) is 0 Å². The summed E-state index contributed by atoms with van der Waals surface area (Å²) in [7, 11) is 0. The number of nitrogens with two attached hydrogens (primary N) is 1. The monoisotopic (exact) mass is 246 g/mol. The first kappa shape index (κ1) is 15.8. The van der Waals surface area contributed by atoms with Gasteiger partial charge in [0.2, 0.25) is 5.91 Å². The highest BCUT2D eigenvalue weighted by atomic mass is 32.2. The zero-order valence-corrected chi connectivity index (χ0v) is 12.0. The van der Waals surface area contributed by atoms with Crippen LogP contribution in [0.2, 0.25) is 0 Å². The van der Waals surface area contributed by atoms with Gasteiger partial charge in [-0.3, -0.25) is 4.79 Å².